The van der Waals surface area contributed by atoms with Gasteiger partial charge >= 0.3 is 0 Å². The molecule has 0 spiro atoms. The lowest BCUT2D eigenvalue weighted by atomic mass is 10.2. The monoisotopic (exact) mass is 403 g/mol. The van der Waals surface area contributed by atoms with Crippen molar-refractivity contribution in [3.8, 4) is 0 Å². The van der Waals surface area contributed by atoms with E-state index in [9.17, 15) is 5.11 Å². The molecule has 1 saturated heterocycles. The Kier molecular flexibility index (Phi) is 6.25. The Morgan fingerprint density at radius 2 is 1.88 bits per heavy atom. The van der Waals surface area contributed by atoms with Crippen molar-refractivity contribution in [1.29, 1.82) is 0 Å². The van der Waals surface area contributed by atoms with Gasteiger partial charge in [0.15, 0.2) is 5.76 Å². The predicted molar refractivity (Wildman–Crippen MR) is 103 cm³/mol. The maximum atomic E-state index is 9.93. The van der Waals surface area contributed by atoms with Crippen LogP contribution in [-0.2, 0) is 6.54 Å². The zero-order valence-corrected chi connectivity index (χ0v) is 15.5. The number of rotatable bonds is 3. The summed E-state index contributed by atoms with van der Waals surface area (Å²) in [6.07, 6.45) is 7.90. The molecule has 0 atom stereocenters. The quantitative estimate of drug-likeness (QED) is 0.630. The van der Waals surface area contributed by atoms with Crippen molar-refractivity contribution in [2.75, 3.05) is 19.6 Å². The Bertz CT molecular complexity index is 778. The van der Waals surface area contributed by atoms with Crippen molar-refractivity contribution in [3.05, 3.63) is 58.3 Å². The Hall–Kier alpha value is -2.12. The van der Waals surface area contributed by atoms with E-state index in [0.717, 1.165) is 21.1 Å². The summed E-state index contributed by atoms with van der Waals surface area (Å²) in [5, 5.41) is 19.4. The molecule has 132 valence electrons. The fourth-order valence-electron chi connectivity index (χ4n) is 2.62. The number of nitrogens with one attached hydrogen (secondary N) is 3. The molecule has 2 aliphatic rings. The molecule has 0 radical (unpaired) electrons. The van der Waals surface area contributed by atoms with Crippen molar-refractivity contribution in [1.82, 2.24) is 25.9 Å². The Labute approximate surface area is 155 Å². The first-order valence-electron chi connectivity index (χ1n) is 8.40. The number of hydrogen-bond acceptors (Lipinski definition) is 6. The van der Waals surface area contributed by atoms with Gasteiger partial charge in [-0.1, -0.05) is 6.07 Å². The van der Waals surface area contributed by atoms with Crippen LogP contribution >= 0.6 is 15.9 Å². The molecule has 2 aliphatic heterocycles. The number of benzene rings is 1. The minimum atomic E-state index is 0.240. The van der Waals surface area contributed by atoms with E-state index in [-0.39, 0.29) is 5.76 Å². The number of aliphatic hydroxyl groups is 1. The molecule has 1 fully saturated rings. The average Bonchev–Trinajstić information content (AvgIpc) is 3.23. The molecule has 7 heteroatoms. The third-order valence-corrected chi connectivity index (χ3v) is 4.65. The second-order valence-corrected chi connectivity index (χ2v) is 6.84. The first-order chi connectivity index (χ1) is 12.2. The van der Waals surface area contributed by atoms with Crippen LogP contribution in [0.1, 0.15) is 18.4 Å². The van der Waals surface area contributed by atoms with Gasteiger partial charge < -0.3 is 21.1 Å². The highest BCUT2D eigenvalue weighted by Crippen LogP contribution is 2.18. The van der Waals surface area contributed by atoms with Crippen molar-refractivity contribution >= 4 is 27.0 Å². The molecule has 1 aromatic carbocycles. The minimum Gasteiger partial charge on any atom is -0.505 e. The maximum Gasteiger partial charge on any atom is 0.152 e. The number of fused-ring (bicyclic) bond motifs is 1. The Balaban J connectivity index is 0.000000314. The molecule has 0 unspecified atom stereocenters. The van der Waals surface area contributed by atoms with Crippen LogP contribution in [0.25, 0.3) is 11.0 Å². The van der Waals surface area contributed by atoms with Crippen molar-refractivity contribution < 1.29 is 5.11 Å². The molecule has 6 nitrogen and oxygen atoms in total. The Morgan fingerprint density at radius 1 is 1.12 bits per heavy atom. The summed E-state index contributed by atoms with van der Waals surface area (Å²) in [5.41, 5.74) is 3.49. The van der Waals surface area contributed by atoms with E-state index >= 15 is 0 Å². The normalized spacial score (nSPS) is 16.8. The van der Waals surface area contributed by atoms with Crippen molar-refractivity contribution in [3.63, 3.8) is 0 Å². The molecule has 4 rings (SSSR count). The highest BCUT2D eigenvalue weighted by atomic mass is 79.9. The van der Waals surface area contributed by atoms with Gasteiger partial charge in [-0.3, -0.25) is 9.97 Å². The molecule has 0 amide bonds. The van der Waals surface area contributed by atoms with Crippen LogP contribution in [0.15, 0.2) is 52.7 Å². The van der Waals surface area contributed by atoms with E-state index in [1.165, 1.54) is 25.9 Å². The SMILES string of the molecule is C1CCNC1.OC1=C(Br)CNC=C1NCc1ccc2nccnc2c1. The number of aromatic nitrogens is 2. The summed E-state index contributed by atoms with van der Waals surface area (Å²) in [6.45, 7) is 3.70. The number of hydrogen-bond donors (Lipinski definition) is 4. The summed E-state index contributed by atoms with van der Waals surface area (Å²) in [4.78, 5) is 8.52. The van der Waals surface area contributed by atoms with Crippen LogP contribution in [0.2, 0.25) is 0 Å². The van der Waals surface area contributed by atoms with Gasteiger partial charge in [0.05, 0.1) is 21.2 Å². The summed E-state index contributed by atoms with van der Waals surface area (Å²) in [6, 6.07) is 5.93. The topological polar surface area (TPSA) is 82.1 Å². The van der Waals surface area contributed by atoms with Gasteiger partial charge in [0, 0.05) is 31.7 Å². The maximum absolute atomic E-state index is 9.93. The van der Waals surface area contributed by atoms with E-state index in [1.807, 2.05) is 18.2 Å². The van der Waals surface area contributed by atoms with Gasteiger partial charge in [-0.2, -0.15) is 0 Å². The van der Waals surface area contributed by atoms with Gasteiger partial charge in [0.1, 0.15) is 0 Å². The predicted octanol–water partition coefficient (Wildman–Crippen LogP) is 2.70. The highest BCUT2D eigenvalue weighted by Gasteiger charge is 2.12. The number of aliphatic hydroxyl groups excluding tert-OH is 1. The molecule has 1 aromatic heterocycles. The molecule has 0 aliphatic carbocycles. The largest absolute Gasteiger partial charge is 0.505 e. The van der Waals surface area contributed by atoms with Crippen LogP contribution in [0.4, 0.5) is 0 Å². The number of dihydropyridines is 1. The molecule has 3 heterocycles. The molecular weight excluding hydrogens is 382 g/mol. The van der Waals surface area contributed by atoms with Gasteiger partial charge in [-0.25, -0.2) is 0 Å². The summed E-state index contributed by atoms with van der Waals surface area (Å²) in [7, 11) is 0. The second kappa shape index (κ2) is 8.82. The van der Waals surface area contributed by atoms with Crippen LogP contribution in [0.5, 0.6) is 0 Å². The molecular formula is C18H22BrN5O. The molecule has 4 N–H and O–H groups in total. The highest BCUT2D eigenvalue weighted by molar-refractivity contribution is 9.11. The fraction of sp³-hybridized carbons (Fsp3) is 0.333. The lowest BCUT2D eigenvalue weighted by Crippen LogP contribution is -2.24. The molecule has 25 heavy (non-hydrogen) atoms. The summed E-state index contributed by atoms with van der Waals surface area (Å²) < 4.78 is 0.742. The first-order valence-corrected chi connectivity index (χ1v) is 9.19. The molecule has 0 saturated carbocycles. The van der Waals surface area contributed by atoms with Gasteiger partial charge in [-0.05, 0) is 59.6 Å². The third kappa shape index (κ3) is 4.93. The fourth-order valence-corrected chi connectivity index (χ4v) is 2.99. The third-order valence-electron chi connectivity index (χ3n) is 3.99. The summed E-state index contributed by atoms with van der Waals surface area (Å²) >= 11 is 3.32. The number of halogens is 1. The van der Waals surface area contributed by atoms with Crippen molar-refractivity contribution in [2.24, 2.45) is 0 Å². The number of nitrogens with zero attached hydrogens (tertiary/aromatic N) is 2. The van der Waals surface area contributed by atoms with E-state index in [1.54, 1.807) is 18.6 Å². The van der Waals surface area contributed by atoms with Crippen LogP contribution in [0.3, 0.4) is 0 Å². The van der Waals surface area contributed by atoms with Gasteiger partial charge in [0.2, 0.25) is 0 Å². The van der Waals surface area contributed by atoms with Crippen LogP contribution in [-0.4, -0.2) is 34.7 Å². The van der Waals surface area contributed by atoms with E-state index < -0.39 is 0 Å². The minimum absolute atomic E-state index is 0.240. The van der Waals surface area contributed by atoms with E-state index in [4.69, 9.17) is 0 Å². The zero-order valence-electron chi connectivity index (χ0n) is 13.9. The first kappa shape index (κ1) is 17.7. The summed E-state index contributed by atoms with van der Waals surface area (Å²) in [5.74, 6) is 0.240. The zero-order chi connectivity index (χ0) is 17.5. The van der Waals surface area contributed by atoms with Crippen LogP contribution in [0, 0.1) is 0 Å². The van der Waals surface area contributed by atoms with Gasteiger partial charge in [-0.15, -0.1) is 0 Å². The van der Waals surface area contributed by atoms with E-state index in [2.05, 4.69) is 41.8 Å². The smallest absolute Gasteiger partial charge is 0.152 e. The Morgan fingerprint density at radius 3 is 2.60 bits per heavy atom. The molecule has 0 bridgehead atoms. The van der Waals surface area contributed by atoms with Crippen molar-refractivity contribution in [2.45, 2.75) is 19.4 Å². The average molecular weight is 404 g/mol. The standard InChI is InChI=1S/C14H13BrN4O.C4H9N/c15-10-7-16-8-13(14(10)20)19-6-9-1-2-11-12(5-9)18-4-3-17-11;1-2-4-5-3-1/h1-5,8,16,19-20H,6-7H2;5H,1-4H2. The second-order valence-electron chi connectivity index (χ2n) is 5.88. The molecule has 2 aromatic rings. The van der Waals surface area contributed by atoms with E-state index in [0.29, 0.717) is 18.8 Å². The van der Waals surface area contributed by atoms with Gasteiger partial charge in [0.25, 0.3) is 0 Å². The lowest BCUT2D eigenvalue weighted by molar-refractivity contribution is 0.405. The van der Waals surface area contributed by atoms with Crippen LogP contribution < -0.4 is 16.0 Å². The lowest BCUT2D eigenvalue weighted by Gasteiger charge is -2.17.